The van der Waals surface area contributed by atoms with Crippen molar-refractivity contribution in [3.05, 3.63) is 0 Å². The van der Waals surface area contributed by atoms with Gasteiger partial charge in [0, 0.05) is 5.54 Å². The Balaban J connectivity index is 4.75. The van der Waals surface area contributed by atoms with Gasteiger partial charge in [-0.25, -0.2) is 5.43 Å². The van der Waals surface area contributed by atoms with E-state index in [0.717, 1.165) is 12.8 Å². The zero-order valence-corrected chi connectivity index (χ0v) is 12.5. The summed E-state index contributed by atoms with van der Waals surface area (Å²) in [6.07, 6.45) is 1.73. The van der Waals surface area contributed by atoms with Gasteiger partial charge in [-0.15, -0.1) is 0 Å². The van der Waals surface area contributed by atoms with Crippen LogP contribution in [0, 0.1) is 23.2 Å². The highest BCUT2D eigenvalue weighted by Gasteiger charge is 2.32. The number of hydrazine groups is 1. The van der Waals surface area contributed by atoms with Gasteiger partial charge in [-0.1, -0.05) is 27.7 Å². The van der Waals surface area contributed by atoms with Gasteiger partial charge in [-0.3, -0.25) is 5.43 Å². The summed E-state index contributed by atoms with van der Waals surface area (Å²) >= 11 is 0. The Kier molecular flexibility index (Phi) is 6.15. The van der Waals surface area contributed by atoms with Crippen LogP contribution in [-0.4, -0.2) is 11.1 Å². The molecule has 0 aromatic carbocycles. The third-order valence-electron chi connectivity index (χ3n) is 2.40. The molecular formula is C14H29N3. The van der Waals surface area contributed by atoms with Gasteiger partial charge in [0.05, 0.1) is 6.07 Å². The minimum Gasteiger partial charge on any atom is -0.251 e. The number of nitrogens with one attached hydrogen (secondary N) is 2. The second kappa shape index (κ2) is 6.37. The minimum absolute atomic E-state index is 0.0317. The van der Waals surface area contributed by atoms with E-state index in [4.69, 9.17) is 0 Å². The van der Waals surface area contributed by atoms with Crippen LogP contribution in [0.4, 0.5) is 0 Å². The number of hydrogen-bond donors (Lipinski definition) is 2. The molecule has 0 aromatic rings. The SMILES string of the molecule is CC(C)CC(C#N)(CC(C)C)NNC(C)(C)C. The normalized spacial score (nSPS) is 13.2. The van der Waals surface area contributed by atoms with E-state index in [1.807, 2.05) is 0 Å². The molecule has 17 heavy (non-hydrogen) atoms. The fourth-order valence-electron chi connectivity index (χ4n) is 2.01. The Hall–Kier alpha value is -0.590. The second-order valence-electron chi connectivity index (χ2n) is 6.89. The van der Waals surface area contributed by atoms with Crippen molar-refractivity contribution < 1.29 is 0 Å². The lowest BCUT2D eigenvalue weighted by molar-refractivity contribution is 0.216. The second-order valence-corrected chi connectivity index (χ2v) is 6.89. The Bertz CT molecular complexity index is 246. The first-order chi connectivity index (χ1) is 7.60. The Morgan fingerprint density at radius 2 is 1.35 bits per heavy atom. The third-order valence-corrected chi connectivity index (χ3v) is 2.40. The molecule has 0 radical (unpaired) electrons. The summed E-state index contributed by atoms with van der Waals surface area (Å²) in [6, 6.07) is 2.48. The van der Waals surface area contributed by atoms with E-state index in [1.54, 1.807) is 0 Å². The molecule has 0 saturated heterocycles. The molecule has 0 aliphatic heterocycles. The molecule has 0 amide bonds. The molecule has 0 bridgehead atoms. The first-order valence-corrected chi connectivity index (χ1v) is 6.56. The van der Waals surface area contributed by atoms with Crippen LogP contribution in [-0.2, 0) is 0 Å². The summed E-state index contributed by atoms with van der Waals surface area (Å²) in [5, 5.41) is 9.52. The van der Waals surface area contributed by atoms with Crippen LogP contribution in [0.25, 0.3) is 0 Å². The van der Waals surface area contributed by atoms with Gasteiger partial charge in [0.25, 0.3) is 0 Å². The van der Waals surface area contributed by atoms with Crippen LogP contribution in [0.3, 0.4) is 0 Å². The summed E-state index contributed by atoms with van der Waals surface area (Å²) in [4.78, 5) is 0. The highest BCUT2D eigenvalue weighted by molar-refractivity contribution is 5.07. The molecule has 0 spiro atoms. The van der Waals surface area contributed by atoms with Gasteiger partial charge in [0.2, 0.25) is 0 Å². The molecule has 0 aromatic heterocycles. The number of hydrogen-bond acceptors (Lipinski definition) is 3. The molecule has 100 valence electrons. The van der Waals surface area contributed by atoms with Crippen molar-refractivity contribution in [2.24, 2.45) is 11.8 Å². The van der Waals surface area contributed by atoms with E-state index in [-0.39, 0.29) is 5.54 Å². The molecule has 3 nitrogen and oxygen atoms in total. The molecule has 0 fully saturated rings. The van der Waals surface area contributed by atoms with Gasteiger partial charge < -0.3 is 0 Å². The highest BCUT2D eigenvalue weighted by Crippen LogP contribution is 2.24. The summed E-state index contributed by atoms with van der Waals surface area (Å²) in [7, 11) is 0. The van der Waals surface area contributed by atoms with Crippen molar-refractivity contribution in [1.82, 2.24) is 10.9 Å². The van der Waals surface area contributed by atoms with Crippen molar-refractivity contribution in [2.75, 3.05) is 0 Å². The van der Waals surface area contributed by atoms with Crippen LogP contribution >= 0.6 is 0 Å². The van der Waals surface area contributed by atoms with Gasteiger partial charge in [-0.05, 0) is 45.4 Å². The first-order valence-electron chi connectivity index (χ1n) is 6.56. The summed E-state index contributed by atoms with van der Waals surface area (Å²) in [5.74, 6) is 1.00. The van der Waals surface area contributed by atoms with Crippen molar-refractivity contribution in [3.8, 4) is 6.07 Å². The van der Waals surface area contributed by atoms with Crippen LogP contribution in [0.1, 0.15) is 61.3 Å². The average molecular weight is 239 g/mol. The average Bonchev–Trinajstić information content (AvgIpc) is 2.11. The van der Waals surface area contributed by atoms with Crippen LogP contribution in [0.15, 0.2) is 0 Å². The topological polar surface area (TPSA) is 47.9 Å². The van der Waals surface area contributed by atoms with Gasteiger partial charge in [0.1, 0.15) is 5.54 Å². The van der Waals surface area contributed by atoms with E-state index in [1.165, 1.54) is 0 Å². The number of nitrogens with zero attached hydrogens (tertiary/aromatic N) is 1. The fraction of sp³-hybridized carbons (Fsp3) is 0.929. The van der Waals surface area contributed by atoms with Crippen LogP contribution in [0.5, 0.6) is 0 Å². The van der Waals surface area contributed by atoms with Gasteiger partial charge in [0.15, 0.2) is 0 Å². The minimum atomic E-state index is -0.463. The maximum absolute atomic E-state index is 9.52. The molecule has 3 heteroatoms. The molecule has 0 unspecified atom stereocenters. The van der Waals surface area contributed by atoms with Crippen molar-refractivity contribution in [3.63, 3.8) is 0 Å². The highest BCUT2D eigenvalue weighted by atomic mass is 15.4. The Morgan fingerprint density at radius 3 is 1.59 bits per heavy atom. The Morgan fingerprint density at radius 1 is 0.941 bits per heavy atom. The quantitative estimate of drug-likeness (QED) is 0.700. The smallest absolute Gasteiger partial charge is 0.119 e. The number of nitriles is 1. The molecule has 0 aliphatic carbocycles. The molecule has 0 atom stereocenters. The lowest BCUT2D eigenvalue weighted by Gasteiger charge is -2.35. The fourth-order valence-corrected chi connectivity index (χ4v) is 2.01. The lowest BCUT2D eigenvalue weighted by atomic mass is 9.83. The lowest BCUT2D eigenvalue weighted by Crippen LogP contribution is -2.58. The van der Waals surface area contributed by atoms with Gasteiger partial charge >= 0.3 is 0 Å². The van der Waals surface area contributed by atoms with Crippen molar-refractivity contribution in [2.45, 2.75) is 72.4 Å². The first kappa shape index (κ1) is 16.4. The van der Waals surface area contributed by atoms with Crippen LogP contribution < -0.4 is 10.9 Å². The van der Waals surface area contributed by atoms with Crippen molar-refractivity contribution in [1.29, 1.82) is 5.26 Å². The maximum atomic E-state index is 9.52. The maximum Gasteiger partial charge on any atom is 0.119 e. The standard InChI is InChI=1S/C14H29N3/c1-11(2)8-14(10-15,9-12(3)4)17-16-13(5,6)7/h11-12,16-17H,8-9H2,1-7H3. The van der Waals surface area contributed by atoms with E-state index in [9.17, 15) is 5.26 Å². The Labute approximate surface area is 107 Å². The largest absolute Gasteiger partial charge is 0.251 e. The zero-order valence-electron chi connectivity index (χ0n) is 12.5. The van der Waals surface area contributed by atoms with E-state index < -0.39 is 5.54 Å². The van der Waals surface area contributed by atoms with Crippen LogP contribution in [0.2, 0.25) is 0 Å². The van der Waals surface area contributed by atoms with Crippen molar-refractivity contribution >= 4 is 0 Å². The molecule has 0 saturated carbocycles. The predicted molar refractivity (Wildman–Crippen MR) is 73.3 cm³/mol. The summed E-state index contributed by atoms with van der Waals surface area (Å²) in [5.41, 5.74) is 6.03. The van der Waals surface area contributed by atoms with E-state index >= 15 is 0 Å². The monoisotopic (exact) mass is 239 g/mol. The molecule has 0 aliphatic rings. The van der Waals surface area contributed by atoms with E-state index in [0.29, 0.717) is 11.8 Å². The molecule has 0 heterocycles. The molecule has 2 N–H and O–H groups in total. The molecular weight excluding hydrogens is 210 g/mol. The molecule has 0 rings (SSSR count). The van der Waals surface area contributed by atoms with E-state index in [2.05, 4.69) is 65.4 Å². The zero-order chi connectivity index (χ0) is 13.7. The predicted octanol–water partition coefficient (Wildman–Crippen LogP) is 3.23. The van der Waals surface area contributed by atoms with Gasteiger partial charge in [-0.2, -0.15) is 5.26 Å². The summed E-state index contributed by atoms with van der Waals surface area (Å²) < 4.78 is 0. The summed E-state index contributed by atoms with van der Waals surface area (Å²) in [6.45, 7) is 14.9. The third kappa shape index (κ3) is 7.36. The number of rotatable bonds is 6.